The number of nitrogens with one attached hydrogen (secondary N) is 2. The summed E-state index contributed by atoms with van der Waals surface area (Å²) < 4.78 is 2.07. The van der Waals surface area contributed by atoms with E-state index in [2.05, 4.69) is 56.1 Å². The van der Waals surface area contributed by atoms with E-state index >= 15 is 0 Å². The lowest BCUT2D eigenvalue weighted by molar-refractivity contribution is 0.599. The number of hydrogen-bond donors (Lipinski definition) is 2. The third kappa shape index (κ3) is 6.52. The molecule has 0 bridgehead atoms. The second-order valence-corrected chi connectivity index (χ2v) is 5.98. The monoisotopic (exact) mass is 343 g/mol. The lowest BCUT2D eigenvalue weighted by Crippen LogP contribution is -2.43. The molecule has 1 atom stereocenters. The molecule has 0 aromatic carbocycles. The molecule has 1 unspecified atom stereocenters. The number of aryl methyl sites for hydroxylation is 1. The van der Waals surface area contributed by atoms with Crippen molar-refractivity contribution in [1.29, 1.82) is 0 Å². The zero-order valence-electron chi connectivity index (χ0n) is 15.4. The van der Waals surface area contributed by atoms with Crippen LogP contribution in [-0.4, -0.2) is 44.8 Å². The predicted molar refractivity (Wildman–Crippen MR) is 101 cm³/mol. The molecule has 2 aromatic rings. The maximum Gasteiger partial charge on any atom is 0.191 e. The van der Waals surface area contributed by atoms with Gasteiger partial charge >= 0.3 is 0 Å². The first-order valence-corrected chi connectivity index (χ1v) is 9.04. The van der Waals surface area contributed by atoms with Crippen molar-refractivity contribution < 1.29 is 0 Å². The van der Waals surface area contributed by atoms with Gasteiger partial charge in [0, 0.05) is 50.4 Å². The van der Waals surface area contributed by atoms with Crippen LogP contribution >= 0.6 is 0 Å². The average molecular weight is 343 g/mol. The molecule has 2 rings (SSSR count). The van der Waals surface area contributed by atoms with Gasteiger partial charge in [0.25, 0.3) is 0 Å². The van der Waals surface area contributed by atoms with Gasteiger partial charge in [0.15, 0.2) is 5.96 Å². The number of guanidine groups is 1. The van der Waals surface area contributed by atoms with Crippen LogP contribution in [0.25, 0.3) is 0 Å². The Morgan fingerprint density at radius 3 is 2.92 bits per heavy atom. The van der Waals surface area contributed by atoms with Gasteiger partial charge in [0.2, 0.25) is 0 Å². The Kier molecular flexibility index (Phi) is 7.88. The largest absolute Gasteiger partial charge is 0.355 e. The van der Waals surface area contributed by atoms with Crippen molar-refractivity contribution in [2.24, 2.45) is 4.99 Å². The van der Waals surface area contributed by atoms with Gasteiger partial charge < -0.3 is 15.2 Å². The van der Waals surface area contributed by atoms with E-state index in [9.17, 15) is 0 Å². The Labute approximate surface area is 150 Å². The minimum Gasteiger partial charge on any atom is -0.355 e. The van der Waals surface area contributed by atoms with E-state index in [0.29, 0.717) is 12.6 Å². The summed E-state index contributed by atoms with van der Waals surface area (Å²) in [7, 11) is 0. The quantitative estimate of drug-likeness (QED) is 0.536. The van der Waals surface area contributed by atoms with Crippen molar-refractivity contribution in [3.8, 4) is 0 Å². The van der Waals surface area contributed by atoms with Crippen LogP contribution in [-0.2, 0) is 19.4 Å². The average Bonchev–Trinajstić information content (AvgIpc) is 3.09. The first kappa shape index (κ1) is 18.9. The molecule has 2 heterocycles. The Morgan fingerprint density at radius 1 is 1.32 bits per heavy atom. The van der Waals surface area contributed by atoms with Gasteiger partial charge in [-0.2, -0.15) is 0 Å². The molecule has 0 aliphatic rings. The molecular weight excluding hydrogens is 314 g/mol. The van der Waals surface area contributed by atoms with E-state index in [4.69, 9.17) is 0 Å². The van der Waals surface area contributed by atoms with Crippen LogP contribution in [0.1, 0.15) is 38.7 Å². The van der Waals surface area contributed by atoms with Crippen molar-refractivity contribution in [1.82, 2.24) is 30.4 Å². The number of nitrogens with zero attached hydrogens (tertiary/aromatic N) is 5. The molecule has 0 amide bonds. The van der Waals surface area contributed by atoms with E-state index in [1.54, 1.807) is 6.33 Å². The fourth-order valence-corrected chi connectivity index (χ4v) is 2.35. The highest BCUT2D eigenvalue weighted by Crippen LogP contribution is 1.97. The van der Waals surface area contributed by atoms with E-state index < -0.39 is 0 Å². The van der Waals surface area contributed by atoms with Crippen LogP contribution in [0.3, 0.4) is 0 Å². The Bertz CT molecular complexity index is 636. The topological polar surface area (TPSA) is 80.0 Å². The van der Waals surface area contributed by atoms with Gasteiger partial charge in [-0.05, 0) is 25.5 Å². The van der Waals surface area contributed by atoms with Crippen LogP contribution in [0.15, 0.2) is 35.7 Å². The van der Waals surface area contributed by atoms with Crippen LogP contribution in [0, 0.1) is 0 Å². The summed E-state index contributed by atoms with van der Waals surface area (Å²) in [6.45, 7) is 8.70. The number of aromatic nitrogens is 4. The zero-order chi connectivity index (χ0) is 17.9. The van der Waals surface area contributed by atoms with Crippen LogP contribution in [0.2, 0.25) is 0 Å². The van der Waals surface area contributed by atoms with Gasteiger partial charge in [0.1, 0.15) is 12.2 Å². The molecule has 7 nitrogen and oxygen atoms in total. The van der Waals surface area contributed by atoms with Crippen molar-refractivity contribution in [2.75, 3.05) is 13.1 Å². The number of pyridine rings is 1. The summed E-state index contributed by atoms with van der Waals surface area (Å²) in [5.74, 6) is 1.85. The summed E-state index contributed by atoms with van der Waals surface area (Å²) in [5.41, 5.74) is 1.06. The van der Waals surface area contributed by atoms with Crippen LogP contribution < -0.4 is 10.6 Å². The molecule has 136 valence electrons. The van der Waals surface area contributed by atoms with Crippen LogP contribution in [0.4, 0.5) is 0 Å². The summed E-state index contributed by atoms with van der Waals surface area (Å²) in [6, 6.07) is 6.35. The van der Waals surface area contributed by atoms with E-state index in [1.807, 2.05) is 24.4 Å². The van der Waals surface area contributed by atoms with E-state index in [-0.39, 0.29) is 0 Å². The van der Waals surface area contributed by atoms with Gasteiger partial charge in [-0.25, -0.2) is 0 Å². The van der Waals surface area contributed by atoms with Crippen molar-refractivity contribution >= 4 is 5.96 Å². The highest BCUT2D eigenvalue weighted by Gasteiger charge is 2.05. The summed E-state index contributed by atoms with van der Waals surface area (Å²) in [4.78, 5) is 9.02. The van der Waals surface area contributed by atoms with Crippen molar-refractivity contribution in [3.63, 3.8) is 0 Å². The second-order valence-electron chi connectivity index (χ2n) is 5.98. The van der Waals surface area contributed by atoms with Crippen LogP contribution in [0.5, 0.6) is 0 Å². The number of rotatable bonds is 9. The first-order chi connectivity index (χ1) is 12.2. The molecule has 0 saturated heterocycles. The smallest absolute Gasteiger partial charge is 0.191 e. The molecule has 0 fully saturated rings. The lowest BCUT2D eigenvalue weighted by Gasteiger charge is -2.17. The molecule has 0 radical (unpaired) electrons. The standard InChI is InChI=1S/C18H29N7/c1-4-15(3)23-18(20-11-9-16-8-6-7-10-19-16)21-12-13-25-14-22-24-17(25)5-2/h6-8,10,14-15H,4-5,9,11-13H2,1-3H3,(H2,20,21,23). The molecule has 7 heteroatoms. The Morgan fingerprint density at radius 2 is 2.20 bits per heavy atom. The maximum atomic E-state index is 4.68. The lowest BCUT2D eigenvalue weighted by atomic mass is 10.2. The maximum absolute atomic E-state index is 4.68. The SMILES string of the molecule is CCc1nncn1CCNC(=NCCc1ccccn1)NC(C)CC. The van der Waals surface area contributed by atoms with Gasteiger partial charge in [-0.3, -0.25) is 9.98 Å². The van der Waals surface area contributed by atoms with E-state index in [1.165, 1.54) is 0 Å². The summed E-state index contributed by atoms with van der Waals surface area (Å²) in [6.07, 6.45) is 6.36. The molecular formula is C18H29N7. The van der Waals surface area contributed by atoms with Gasteiger partial charge in [-0.15, -0.1) is 10.2 Å². The highest BCUT2D eigenvalue weighted by atomic mass is 15.3. The summed E-state index contributed by atoms with van der Waals surface area (Å²) in [5, 5.41) is 14.9. The third-order valence-electron chi connectivity index (χ3n) is 4.02. The molecule has 25 heavy (non-hydrogen) atoms. The molecule has 0 spiro atoms. The van der Waals surface area contributed by atoms with Gasteiger partial charge in [-0.1, -0.05) is 19.9 Å². The fraction of sp³-hybridized carbons (Fsp3) is 0.556. The molecule has 2 N–H and O–H groups in total. The summed E-state index contributed by atoms with van der Waals surface area (Å²) >= 11 is 0. The second kappa shape index (κ2) is 10.4. The molecule has 2 aromatic heterocycles. The normalized spacial score (nSPS) is 12.8. The third-order valence-corrected chi connectivity index (χ3v) is 4.02. The van der Waals surface area contributed by atoms with Crippen molar-refractivity contribution in [3.05, 3.63) is 42.2 Å². The first-order valence-electron chi connectivity index (χ1n) is 9.04. The Balaban J connectivity index is 1.87. The number of aliphatic imine (C=N–C) groups is 1. The minimum absolute atomic E-state index is 0.377. The molecule has 0 aliphatic heterocycles. The highest BCUT2D eigenvalue weighted by molar-refractivity contribution is 5.80. The van der Waals surface area contributed by atoms with Crippen molar-refractivity contribution in [2.45, 2.75) is 52.6 Å². The number of hydrogen-bond acceptors (Lipinski definition) is 4. The minimum atomic E-state index is 0.377. The fourth-order valence-electron chi connectivity index (χ4n) is 2.35. The molecule has 0 aliphatic carbocycles. The zero-order valence-corrected chi connectivity index (χ0v) is 15.4. The molecule has 0 saturated carbocycles. The van der Waals surface area contributed by atoms with Gasteiger partial charge in [0.05, 0.1) is 0 Å². The predicted octanol–water partition coefficient (Wildman–Crippen LogP) is 1.81. The Hall–Kier alpha value is -2.44. The van der Waals surface area contributed by atoms with E-state index in [0.717, 1.165) is 49.8 Å².